The number of likely N-dealkylation sites (tertiary alicyclic amines) is 1. The van der Waals surface area contributed by atoms with Crippen LogP contribution in [0, 0.1) is 5.41 Å². The number of aromatic nitrogens is 1. The molecule has 1 aromatic heterocycles. The number of carboxylic acid groups (broad SMARTS) is 1. The number of carboxylic acids is 1. The fourth-order valence-corrected chi connectivity index (χ4v) is 3.01. The van der Waals surface area contributed by atoms with E-state index >= 15 is 0 Å². The van der Waals surface area contributed by atoms with Gasteiger partial charge in [-0.25, -0.2) is 0 Å². The van der Waals surface area contributed by atoms with E-state index in [1.54, 1.807) is 36.2 Å². The standard InChI is InChI=1S/C16H15ClN2O3/c1-16(15(21)22)6-8-19(9-16)14(20)11-4-5-12(17)10-3-2-7-18-13(10)11/h2-5,7H,6,8-9H2,1H3,(H,21,22). The molecule has 1 amide bonds. The molecule has 0 bridgehead atoms. The van der Waals surface area contributed by atoms with Crippen LogP contribution in [0.5, 0.6) is 0 Å². The number of carbonyl (C=O) groups excluding carboxylic acids is 1. The van der Waals surface area contributed by atoms with Gasteiger partial charge in [0.25, 0.3) is 5.91 Å². The van der Waals surface area contributed by atoms with E-state index < -0.39 is 11.4 Å². The topological polar surface area (TPSA) is 70.5 Å². The van der Waals surface area contributed by atoms with Crippen LogP contribution in [-0.2, 0) is 4.79 Å². The molecular formula is C16H15ClN2O3. The number of hydrogen-bond donors (Lipinski definition) is 1. The van der Waals surface area contributed by atoms with E-state index in [-0.39, 0.29) is 12.5 Å². The van der Waals surface area contributed by atoms with Gasteiger partial charge < -0.3 is 10.0 Å². The first-order valence-electron chi connectivity index (χ1n) is 6.98. The number of amides is 1. The van der Waals surface area contributed by atoms with Gasteiger partial charge in [0.2, 0.25) is 0 Å². The molecule has 3 rings (SSSR count). The van der Waals surface area contributed by atoms with Crippen LogP contribution in [0.4, 0.5) is 0 Å². The first-order valence-corrected chi connectivity index (χ1v) is 7.36. The molecular weight excluding hydrogens is 304 g/mol. The molecule has 0 saturated carbocycles. The van der Waals surface area contributed by atoms with Gasteiger partial charge in [0, 0.05) is 24.7 Å². The van der Waals surface area contributed by atoms with E-state index in [0.29, 0.717) is 29.1 Å². The lowest BCUT2D eigenvalue weighted by molar-refractivity contribution is -0.147. The molecule has 0 radical (unpaired) electrons. The summed E-state index contributed by atoms with van der Waals surface area (Å²) in [5.41, 5.74) is 0.115. The van der Waals surface area contributed by atoms with Gasteiger partial charge in [-0.2, -0.15) is 0 Å². The maximum atomic E-state index is 12.7. The minimum atomic E-state index is -0.884. The quantitative estimate of drug-likeness (QED) is 0.924. The number of benzene rings is 1. The molecule has 2 heterocycles. The van der Waals surface area contributed by atoms with Gasteiger partial charge in [-0.3, -0.25) is 14.6 Å². The summed E-state index contributed by atoms with van der Waals surface area (Å²) in [6, 6.07) is 6.90. The number of carbonyl (C=O) groups is 2. The third-order valence-electron chi connectivity index (χ3n) is 4.22. The number of hydrogen-bond acceptors (Lipinski definition) is 3. The number of fused-ring (bicyclic) bond motifs is 1. The Morgan fingerprint density at radius 2 is 2.14 bits per heavy atom. The smallest absolute Gasteiger partial charge is 0.311 e. The highest BCUT2D eigenvalue weighted by Gasteiger charge is 2.42. The Kier molecular flexibility index (Phi) is 3.53. The molecule has 5 nitrogen and oxygen atoms in total. The van der Waals surface area contributed by atoms with E-state index in [1.807, 2.05) is 6.07 Å². The number of halogens is 1. The summed E-state index contributed by atoms with van der Waals surface area (Å²) in [7, 11) is 0. The zero-order chi connectivity index (χ0) is 15.9. The molecule has 1 N–H and O–H groups in total. The van der Waals surface area contributed by atoms with Crippen molar-refractivity contribution < 1.29 is 14.7 Å². The fourth-order valence-electron chi connectivity index (χ4n) is 2.79. The lowest BCUT2D eigenvalue weighted by atomic mass is 9.90. The third kappa shape index (κ3) is 2.31. The predicted molar refractivity (Wildman–Crippen MR) is 83.0 cm³/mol. The van der Waals surface area contributed by atoms with Crippen molar-refractivity contribution in [2.24, 2.45) is 5.41 Å². The number of nitrogens with zero attached hydrogens (tertiary/aromatic N) is 2. The summed E-state index contributed by atoms with van der Waals surface area (Å²) in [6.07, 6.45) is 2.06. The Hall–Kier alpha value is -2.14. The van der Waals surface area contributed by atoms with Crippen LogP contribution in [0.1, 0.15) is 23.7 Å². The predicted octanol–water partition coefficient (Wildman–Crippen LogP) is 2.83. The van der Waals surface area contributed by atoms with Crippen LogP contribution in [0.15, 0.2) is 30.5 Å². The van der Waals surface area contributed by atoms with E-state index in [9.17, 15) is 14.7 Å². The third-order valence-corrected chi connectivity index (χ3v) is 4.55. The van der Waals surface area contributed by atoms with Crippen LogP contribution in [0.2, 0.25) is 5.02 Å². The molecule has 6 heteroatoms. The highest BCUT2D eigenvalue weighted by atomic mass is 35.5. The number of rotatable bonds is 2. The Morgan fingerprint density at radius 3 is 2.82 bits per heavy atom. The average molecular weight is 319 g/mol. The van der Waals surface area contributed by atoms with Gasteiger partial charge >= 0.3 is 5.97 Å². The summed E-state index contributed by atoms with van der Waals surface area (Å²) in [5, 5.41) is 10.5. The molecule has 1 aromatic carbocycles. The summed E-state index contributed by atoms with van der Waals surface area (Å²) < 4.78 is 0. The van der Waals surface area contributed by atoms with Crippen LogP contribution in [0.25, 0.3) is 10.9 Å². The lowest BCUT2D eigenvalue weighted by Gasteiger charge is -2.20. The maximum absolute atomic E-state index is 12.7. The minimum Gasteiger partial charge on any atom is -0.481 e. The molecule has 114 valence electrons. The molecule has 0 spiro atoms. The fraction of sp³-hybridized carbons (Fsp3) is 0.312. The summed E-state index contributed by atoms with van der Waals surface area (Å²) in [6.45, 7) is 2.30. The second-order valence-electron chi connectivity index (χ2n) is 5.84. The molecule has 1 fully saturated rings. The highest BCUT2D eigenvalue weighted by molar-refractivity contribution is 6.36. The van der Waals surface area contributed by atoms with Crippen molar-refractivity contribution >= 4 is 34.4 Å². The van der Waals surface area contributed by atoms with Crippen molar-refractivity contribution in [3.63, 3.8) is 0 Å². The summed E-state index contributed by atoms with van der Waals surface area (Å²) in [4.78, 5) is 29.9. The Balaban J connectivity index is 1.98. The Labute approximate surface area is 132 Å². The maximum Gasteiger partial charge on any atom is 0.311 e. The van der Waals surface area contributed by atoms with Gasteiger partial charge in [0.15, 0.2) is 0 Å². The van der Waals surface area contributed by atoms with Crippen LogP contribution < -0.4 is 0 Å². The SMILES string of the molecule is CC1(C(=O)O)CCN(C(=O)c2ccc(Cl)c3cccnc23)C1. The zero-order valence-electron chi connectivity index (χ0n) is 12.0. The Bertz CT molecular complexity index is 777. The van der Waals surface area contributed by atoms with E-state index in [1.165, 1.54) is 0 Å². The monoisotopic (exact) mass is 318 g/mol. The molecule has 1 aliphatic heterocycles. The van der Waals surface area contributed by atoms with E-state index in [0.717, 1.165) is 5.39 Å². The molecule has 0 aliphatic carbocycles. The molecule has 1 unspecified atom stereocenters. The number of pyridine rings is 1. The normalized spacial score (nSPS) is 21.3. The highest BCUT2D eigenvalue weighted by Crippen LogP contribution is 2.32. The Morgan fingerprint density at radius 1 is 1.36 bits per heavy atom. The van der Waals surface area contributed by atoms with Crippen molar-refractivity contribution in [2.45, 2.75) is 13.3 Å². The second kappa shape index (κ2) is 5.25. The summed E-state index contributed by atoms with van der Waals surface area (Å²) in [5.74, 6) is -1.08. The van der Waals surface area contributed by atoms with Crippen LogP contribution >= 0.6 is 11.6 Å². The van der Waals surface area contributed by atoms with E-state index in [4.69, 9.17) is 11.6 Å². The first kappa shape index (κ1) is 14.8. The van der Waals surface area contributed by atoms with E-state index in [2.05, 4.69) is 4.98 Å². The van der Waals surface area contributed by atoms with Crippen molar-refractivity contribution in [3.05, 3.63) is 41.0 Å². The van der Waals surface area contributed by atoms with Crippen molar-refractivity contribution in [2.75, 3.05) is 13.1 Å². The van der Waals surface area contributed by atoms with Gasteiger partial charge in [0.05, 0.1) is 21.5 Å². The zero-order valence-corrected chi connectivity index (χ0v) is 12.8. The lowest BCUT2D eigenvalue weighted by Crippen LogP contribution is -2.35. The molecule has 2 aromatic rings. The largest absolute Gasteiger partial charge is 0.481 e. The molecule has 1 saturated heterocycles. The van der Waals surface area contributed by atoms with Gasteiger partial charge in [0.1, 0.15) is 0 Å². The van der Waals surface area contributed by atoms with Crippen molar-refractivity contribution in [1.82, 2.24) is 9.88 Å². The van der Waals surface area contributed by atoms with Gasteiger partial charge in [-0.15, -0.1) is 0 Å². The minimum absolute atomic E-state index is 0.203. The average Bonchev–Trinajstić information content (AvgIpc) is 2.91. The van der Waals surface area contributed by atoms with Crippen LogP contribution in [0.3, 0.4) is 0 Å². The second-order valence-corrected chi connectivity index (χ2v) is 6.24. The van der Waals surface area contributed by atoms with Gasteiger partial charge in [-0.1, -0.05) is 11.6 Å². The first-order chi connectivity index (χ1) is 10.4. The number of aliphatic carboxylic acids is 1. The summed E-state index contributed by atoms with van der Waals surface area (Å²) >= 11 is 6.14. The molecule has 22 heavy (non-hydrogen) atoms. The van der Waals surface area contributed by atoms with Gasteiger partial charge in [-0.05, 0) is 37.6 Å². The van der Waals surface area contributed by atoms with Crippen molar-refractivity contribution in [3.8, 4) is 0 Å². The van der Waals surface area contributed by atoms with Crippen LogP contribution in [-0.4, -0.2) is 40.0 Å². The molecule has 1 atom stereocenters. The molecule has 1 aliphatic rings. The van der Waals surface area contributed by atoms with Crippen molar-refractivity contribution in [1.29, 1.82) is 0 Å².